The summed E-state index contributed by atoms with van der Waals surface area (Å²) in [5, 5.41) is 11.8. The summed E-state index contributed by atoms with van der Waals surface area (Å²) in [6, 6.07) is 10.9. The highest BCUT2D eigenvalue weighted by molar-refractivity contribution is 5.95. The van der Waals surface area contributed by atoms with Crippen molar-refractivity contribution in [1.82, 2.24) is 0 Å². The van der Waals surface area contributed by atoms with Gasteiger partial charge in [0.05, 0.1) is 5.56 Å². The van der Waals surface area contributed by atoms with Crippen molar-refractivity contribution in [2.45, 2.75) is 26.7 Å². The molecule has 0 bridgehead atoms. The number of carbonyl (C=O) groups excluding carboxylic acids is 1. The molecule has 5 heteroatoms. The van der Waals surface area contributed by atoms with Gasteiger partial charge in [-0.2, -0.15) is 0 Å². The number of hydrogen-bond acceptors (Lipinski definition) is 2. The van der Waals surface area contributed by atoms with Gasteiger partial charge in [-0.15, -0.1) is 0 Å². The number of aryl methyl sites for hydroxylation is 2. The number of rotatable bonds is 6. The Bertz CT molecular complexity index is 758. The number of halogens is 1. The van der Waals surface area contributed by atoms with E-state index in [2.05, 4.69) is 5.32 Å². The lowest BCUT2D eigenvalue weighted by atomic mass is 10.00. The van der Waals surface area contributed by atoms with Crippen LogP contribution in [0.2, 0.25) is 0 Å². The maximum Gasteiger partial charge on any atom is 0.335 e. The molecule has 1 atom stereocenters. The van der Waals surface area contributed by atoms with Crippen molar-refractivity contribution in [2.75, 3.05) is 5.32 Å². The first-order chi connectivity index (χ1) is 11.4. The monoisotopic (exact) mass is 329 g/mol. The number of benzene rings is 2. The van der Waals surface area contributed by atoms with Crippen LogP contribution in [0.4, 0.5) is 10.1 Å². The second kappa shape index (κ2) is 7.73. The van der Waals surface area contributed by atoms with Gasteiger partial charge in [-0.1, -0.05) is 25.1 Å². The molecule has 0 saturated carbocycles. The minimum absolute atomic E-state index is 0.128. The third kappa shape index (κ3) is 4.65. The van der Waals surface area contributed by atoms with Crippen LogP contribution >= 0.6 is 0 Å². The van der Waals surface area contributed by atoms with Gasteiger partial charge in [-0.05, 0) is 55.2 Å². The van der Waals surface area contributed by atoms with Crippen molar-refractivity contribution in [2.24, 2.45) is 5.92 Å². The summed E-state index contributed by atoms with van der Waals surface area (Å²) in [7, 11) is 0. The summed E-state index contributed by atoms with van der Waals surface area (Å²) in [5.74, 6) is -1.78. The van der Waals surface area contributed by atoms with Crippen LogP contribution in [-0.2, 0) is 11.2 Å². The molecule has 2 rings (SSSR count). The SMILES string of the molecule is Cc1ccc(C(=O)O)cc1NC(=O)C(C)CCc1cccc(F)c1. The second-order valence-electron chi connectivity index (χ2n) is 5.89. The molecule has 0 aromatic heterocycles. The van der Waals surface area contributed by atoms with Crippen LogP contribution in [0.15, 0.2) is 42.5 Å². The summed E-state index contributed by atoms with van der Waals surface area (Å²) < 4.78 is 13.2. The third-order valence-corrected chi connectivity index (χ3v) is 3.95. The number of carboxylic acid groups (broad SMARTS) is 1. The minimum atomic E-state index is -1.04. The Morgan fingerprint density at radius 1 is 1.21 bits per heavy atom. The van der Waals surface area contributed by atoms with Gasteiger partial charge in [0.25, 0.3) is 0 Å². The van der Waals surface area contributed by atoms with Crippen LogP contribution in [0.3, 0.4) is 0 Å². The smallest absolute Gasteiger partial charge is 0.335 e. The first-order valence-corrected chi connectivity index (χ1v) is 7.76. The molecule has 2 aromatic carbocycles. The van der Waals surface area contributed by atoms with Crippen molar-refractivity contribution in [3.05, 3.63) is 65.0 Å². The lowest BCUT2D eigenvalue weighted by molar-refractivity contribution is -0.119. The van der Waals surface area contributed by atoms with E-state index in [0.717, 1.165) is 11.1 Å². The zero-order valence-corrected chi connectivity index (χ0v) is 13.7. The van der Waals surface area contributed by atoms with Crippen LogP contribution < -0.4 is 5.32 Å². The molecule has 0 aliphatic carbocycles. The molecule has 2 aromatic rings. The summed E-state index contributed by atoms with van der Waals surface area (Å²) in [4.78, 5) is 23.3. The van der Waals surface area contributed by atoms with Gasteiger partial charge in [-0.3, -0.25) is 4.79 Å². The molecule has 1 unspecified atom stereocenters. The molecule has 2 N–H and O–H groups in total. The molecule has 1 amide bonds. The number of aromatic carboxylic acids is 1. The number of hydrogen-bond donors (Lipinski definition) is 2. The zero-order chi connectivity index (χ0) is 17.7. The van der Waals surface area contributed by atoms with Gasteiger partial charge in [-0.25, -0.2) is 9.18 Å². The Labute approximate surface area is 140 Å². The van der Waals surface area contributed by atoms with E-state index in [1.54, 1.807) is 26.0 Å². The predicted molar refractivity (Wildman–Crippen MR) is 90.7 cm³/mol. The average Bonchev–Trinajstić information content (AvgIpc) is 2.54. The summed E-state index contributed by atoms with van der Waals surface area (Å²) >= 11 is 0. The number of nitrogens with one attached hydrogen (secondary N) is 1. The summed E-state index contributed by atoms with van der Waals surface area (Å²) in [5.41, 5.74) is 2.27. The van der Waals surface area contributed by atoms with Crippen molar-refractivity contribution in [1.29, 1.82) is 0 Å². The molecule has 0 spiro atoms. The van der Waals surface area contributed by atoms with Gasteiger partial charge in [0.1, 0.15) is 5.82 Å². The van der Waals surface area contributed by atoms with E-state index >= 15 is 0 Å². The molecule has 0 fully saturated rings. The van der Waals surface area contributed by atoms with Gasteiger partial charge in [0.2, 0.25) is 5.91 Å². The fourth-order valence-corrected chi connectivity index (χ4v) is 2.35. The van der Waals surface area contributed by atoms with Gasteiger partial charge < -0.3 is 10.4 Å². The number of amides is 1. The van der Waals surface area contributed by atoms with E-state index < -0.39 is 5.97 Å². The highest BCUT2D eigenvalue weighted by atomic mass is 19.1. The molecule has 4 nitrogen and oxygen atoms in total. The lowest BCUT2D eigenvalue weighted by Gasteiger charge is -2.14. The van der Waals surface area contributed by atoms with Gasteiger partial charge in [0, 0.05) is 11.6 Å². The van der Waals surface area contributed by atoms with Crippen LogP contribution in [0, 0.1) is 18.7 Å². The van der Waals surface area contributed by atoms with E-state index in [1.807, 2.05) is 6.07 Å². The van der Waals surface area contributed by atoms with Crippen molar-refractivity contribution >= 4 is 17.6 Å². The Hall–Kier alpha value is -2.69. The lowest BCUT2D eigenvalue weighted by Crippen LogP contribution is -2.21. The number of carbonyl (C=O) groups is 2. The zero-order valence-electron chi connectivity index (χ0n) is 13.7. The third-order valence-electron chi connectivity index (χ3n) is 3.95. The fraction of sp³-hybridized carbons (Fsp3) is 0.263. The Balaban J connectivity index is 1.99. The van der Waals surface area contributed by atoms with Crippen molar-refractivity contribution < 1.29 is 19.1 Å². The van der Waals surface area contributed by atoms with Crippen molar-refractivity contribution in [3.63, 3.8) is 0 Å². The largest absolute Gasteiger partial charge is 0.478 e. The molecular formula is C19H20FNO3. The minimum Gasteiger partial charge on any atom is -0.478 e. The quantitative estimate of drug-likeness (QED) is 0.840. The molecule has 0 heterocycles. The topological polar surface area (TPSA) is 66.4 Å². The van der Waals surface area contributed by atoms with Gasteiger partial charge >= 0.3 is 5.97 Å². The van der Waals surface area contributed by atoms with E-state index in [9.17, 15) is 14.0 Å². The van der Waals surface area contributed by atoms with E-state index in [0.29, 0.717) is 18.5 Å². The average molecular weight is 329 g/mol. The number of anilines is 1. The van der Waals surface area contributed by atoms with Crippen molar-refractivity contribution in [3.8, 4) is 0 Å². The molecule has 0 aliphatic heterocycles. The first kappa shape index (κ1) is 17.7. The predicted octanol–water partition coefficient (Wildman–Crippen LogP) is 4.04. The molecule has 24 heavy (non-hydrogen) atoms. The molecule has 0 saturated heterocycles. The molecular weight excluding hydrogens is 309 g/mol. The summed E-state index contributed by atoms with van der Waals surface area (Å²) in [6.45, 7) is 3.60. The Morgan fingerprint density at radius 3 is 2.62 bits per heavy atom. The summed E-state index contributed by atoms with van der Waals surface area (Å²) in [6.07, 6.45) is 1.17. The maximum absolute atomic E-state index is 13.2. The van der Waals surface area contributed by atoms with Gasteiger partial charge in [0.15, 0.2) is 0 Å². The molecule has 0 radical (unpaired) electrons. The van der Waals surface area contributed by atoms with E-state index in [-0.39, 0.29) is 23.2 Å². The fourth-order valence-electron chi connectivity index (χ4n) is 2.35. The van der Waals surface area contributed by atoms with Crippen LogP contribution in [0.25, 0.3) is 0 Å². The van der Waals surface area contributed by atoms with E-state index in [4.69, 9.17) is 5.11 Å². The van der Waals surface area contributed by atoms with Crippen LogP contribution in [0.5, 0.6) is 0 Å². The van der Waals surface area contributed by atoms with E-state index in [1.165, 1.54) is 24.3 Å². The van der Waals surface area contributed by atoms with Crippen LogP contribution in [0.1, 0.15) is 34.8 Å². The normalized spacial score (nSPS) is 11.8. The molecule has 126 valence electrons. The highest BCUT2D eigenvalue weighted by Gasteiger charge is 2.15. The highest BCUT2D eigenvalue weighted by Crippen LogP contribution is 2.19. The Kier molecular flexibility index (Phi) is 5.68. The number of carboxylic acids is 1. The first-order valence-electron chi connectivity index (χ1n) is 7.76. The standard InChI is InChI=1S/C19H20FNO3/c1-12-7-9-15(19(23)24)11-17(12)21-18(22)13(2)6-8-14-4-3-5-16(20)10-14/h3-5,7,9-11,13H,6,8H2,1-2H3,(H,21,22)(H,23,24). The molecule has 0 aliphatic rings. The maximum atomic E-state index is 13.2. The van der Waals surface area contributed by atoms with Crippen LogP contribution in [-0.4, -0.2) is 17.0 Å². The second-order valence-corrected chi connectivity index (χ2v) is 5.89. The Morgan fingerprint density at radius 2 is 1.96 bits per heavy atom.